The number of fused-ring (bicyclic) bond motifs is 3. The van der Waals surface area contributed by atoms with Crippen LogP contribution in [0, 0.1) is 10.8 Å². The second kappa shape index (κ2) is 8.42. The van der Waals surface area contributed by atoms with E-state index in [1.54, 1.807) is 0 Å². The Morgan fingerprint density at radius 3 is 2.69 bits per heavy atom. The first-order valence-corrected chi connectivity index (χ1v) is 11.6. The smallest absolute Gasteiger partial charge is 0.410 e. The summed E-state index contributed by atoms with van der Waals surface area (Å²) in [5.74, 6) is -0.397. The lowest BCUT2D eigenvalue weighted by molar-refractivity contribution is -0.151. The summed E-state index contributed by atoms with van der Waals surface area (Å²) < 4.78 is 10.5. The fourth-order valence-electron chi connectivity index (χ4n) is 6.29. The summed E-state index contributed by atoms with van der Waals surface area (Å²) in [6.45, 7) is 8.55. The van der Waals surface area contributed by atoms with E-state index >= 15 is 0 Å². The SMILES string of the molecule is CC1(C)C=C2CC(C)(C)CC(NC(=O)OCOC(=O)Cc3cccc4c3C=CCC4)(C2)C1. The molecule has 4 rings (SSSR count). The zero-order valence-electron chi connectivity index (χ0n) is 19.8. The lowest BCUT2D eigenvalue weighted by Crippen LogP contribution is -2.57. The van der Waals surface area contributed by atoms with Crippen molar-refractivity contribution in [2.75, 3.05) is 6.79 Å². The van der Waals surface area contributed by atoms with Gasteiger partial charge in [-0.1, -0.05) is 69.7 Å². The number of carbonyl (C=O) groups excluding carboxylic acids is 2. The van der Waals surface area contributed by atoms with Crippen molar-refractivity contribution >= 4 is 18.1 Å². The topological polar surface area (TPSA) is 64.6 Å². The molecule has 3 aliphatic rings. The molecule has 1 aromatic carbocycles. The molecular weight excluding hydrogens is 402 g/mol. The number of alkyl carbamates (subject to hydrolysis) is 1. The predicted octanol–water partition coefficient (Wildman–Crippen LogP) is 5.72. The van der Waals surface area contributed by atoms with Gasteiger partial charge in [-0.05, 0) is 66.0 Å². The van der Waals surface area contributed by atoms with E-state index in [9.17, 15) is 9.59 Å². The van der Waals surface area contributed by atoms with Crippen LogP contribution in [0.4, 0.5) is 4.79 Å². The van der Waals surface area contributed by atoms with Crippen molar-refractivity contribution in [3.05, 3.63) is 52.6 Å². The molecule has 0 saturated heterocycles. The molecule has 5 heteroatoms. The fourth-order valence-corrected chi connectivity index (χ4v) is 6.29. The zero-order valence-corrected chi connectivity index (χ0v) is 19.8. The van der Waals surface area contributed by atoms with Crippen LogP contribution in [-0.2, 0) is 27.1 Å². The number of allylic oxidation sites excluding steroid dienone is 2. The van der Waals surface area contributed by atoms with Gasteiger partial charge >= 0.3 is 12.1 Å². The van der Waals surface area contributed by atoms with E-state index in [2.05, 4.69) is 57.3 Å². The van der Waals surface area contributed by atoms with Gasteiger partial charge in [-0.2, -0.15) is 0 Å². The maximum atomic E-state index is 12.6. The molecule has 172 valence electrons. The first-order valence-electron chi connectivity index (χ1n) is 11.6. The Hall–Kier alpha value is -2.56. The van der Waals surface area contributed by atoms with Crippen LogP contribution >= 0.6 is 0 Å². The van der Waals surface area contributed by atoms with Crippen molar-refractivity contribution in [1.29, 1.82) is 0 Å². The third kappa shape index (κ3) is 5.25. The number of esters is 1. The number of carbonyl (C=O) groups is 2. The van der Waals surface area contributed by atoms with Crippen LogP contribution in [0.1, 0.15) is 76.5 Å². The van der Waals surface area contributed by atoms with Crippen molar-refractivity contribution in [1.82, 2.24) is 5.32 Å². The summed E-state index contributed by atoms with van der Waals surface area (Å²) >= 11 is 0. The molecule has 1 aromatic rings. The van der Waals surface area contributed by atoms with Crippen LogP contribution in [0.15, 0.2) is 35.9 Å². The third-order valence-corrected chi connectivity index (χ3v) is 6.74. The van der Waals surface area contributed by atoms with Crippen molar-refractivity contribution in [2.45, 2.75) is 78.2 Å². The summed E-state index contributed by atoms with van der Waals surface area (Å²) in [4.78, 5) is 25.0. The van der Waals surface area contributed by atoms with Gasteiger partial charge in [0.05, 0.1) is 6.42 Å². The number of nitrogens with one attached hydrogen (secondary N) is 1. The largest absolute Gasteiger partial charge is 0.428 e. The van der Waals surface area contributed by atoms with Crippen LogP contribution < -0.4 is 5.32 Å². The number of amides is 1. The van der Waals surface area contributed by atoms with E-state index in [0.29, 0.717) is 0 Å². The van der Waals surface area contributed by atoms with Crippen LogP contribution in [0.3, 0.4) is 0 Å². The van der Waals surface area contributed by atoms with Gasteiger partial charge in [0.25, 0.3) is 0 Å². The van der Waals surface area contributed by atoms with Gasteiger partial charge in [0.1, 0.15) is 0 Å². The lowest BCUT2D eigenvalue weighted by atomic mass is 9.57. The van der Waals surface area contributed by atoms with Gasteiger partial charge in [0.2, 0.25) is 6.79 Å². The van der Waals surface area contributed by atoms with Gasteiger partial charge in [-0.15, -0.1) is 0 Å². The maximum Gasteiger partial charge on any atom is 0.410 e. The van der Waals surface area contributed by atoms with Crippen LogP contribution in [0.25, 0.3) is 6.08 Å². The van der Waals surface area contributed by atoms with Crippen molar-refractivity contribution < 1.29 is 19.1 Å². The second-order valence-electron chi connectivity index (χ2n) is 11.2. The second-order valence-corrected chi connectivity index (χ2v) is 11.2. The highest BCUT2D eigenvalue weighted by atomic mass is 16.7. The molecule has 2 bridgehead atoms. The maximum absolute atomic E-state index is 12.6. The van der Waals surface area contributed by atoms with Crippen molar-refractivity contribution in [3.8, 4) is 0 Å². The highest BCUT2D eigenvalue weighted by molar-refractivity contribution is 5.76. The van der Waals surface area contributed by atoms with Gasteiger partial charge in [0.15, 0.2) is 0 Å². The molecule has 1 amide bonds. The molecule has 5 nitrogen and oxygen atoms in total. The first-order chi connectivity index (χ1) is 15.0. The molecule has 0 radical (unpaired) electrons. The van der Waals surface area contributed by atoms with Crippen molar-refractivity contribution in [2.24, 2.45) is 10.8 Å². The Kier molecular flexibility index (Phi) is 5.95. The van der Waals surface area contributed by atoms with E-state index in [1.165, 1.54) is 11.1 Å². The lowest BCUT2D eigenvalue weighted by Gasteiger charge is -2.52. The van der Waals surface area contributed by atoms with Crippen molar-refractivity contribution in [3.63, 3.8) is 0 Å². The molecule has 0 spiro atoms. The summed E-state index contributed by atoms with van der Waals surface area (Å²) in [5.41, 5.74) is 4.57. The number of hydrogen-bond acceptors (Lipinski definition) is 4. The minimum atomic E-state index is -0.521. The normalized spacial score (nSPS) is 24.7. The predicted molar refractivity (Wildman–Crippen MR) is 125 cm³/mol. The molecule has 32 heavy (non-hydrogen) atoms. The molecular formula is C27H35NO4. The molecule has 1 saturated carbocycles. The van der Waals surface area contributed by atoms with E-state index in [1.807, 2.05) is 12.1 Å². The molecule has 0 aliphatic heterocycles. The highest BCUT2D eigenvalue weighted by Gasteiger charge is 2.48. The first kappa shape index (κ1) is 22.6. The fraction of sp³-hybridized carbons (Fsp3) is 0.556. The van der Waals surface area contributed by atoms with Crippen LogP contribution in [0.5, 0.6) is 0 Å². The van der Waals surface area contributed by atoms with Gasteiger partial charge in [-0.3, -0.25) is 4.79 Å². The minimum absolute atomic E-state index is 0.0348. The van der Waals surface area contributed by atoms with Crippen LogP contribution in [0.2, 0.25) is 0 Å². The average molecular weight is 438 g/mol. The Morgan fingerprint density at radius 2 is 1.88 bits per heavy atom. The Bertz CT molecular complexity index is 972. The molecule has 3 aliphatic carbocycles. The molecule has 1 fully saturated rings. The van der Waals surface area contributed by atoms with E-state index in [4.69, 9.17) is 9.47 Å². The third-order valence-electron chi connectivity index (χ3n) is 6.74. The molecule has 0 heterocycles. The van der Waals surface area contributed by atoms with E-state index in [0.717, 1.165) is 49.7 Å². The van der Waals surface area contributed by atoms with E-state index < -0.39 is 12.1 Å². The Morgan fingerprint density at radius 1 is 1.06 bits per heavy atom. The van der Waals surface area contributed by atoms with Crippen LogP contribution in [-0.4, -0.2) is 24.4 Å². The van der Waals surface area contributed by atoms with Gasteiger partial charge in [-0.25, -0.2) is 4.79 Å². The number of benzene rings is 1. The molecule has 1 atom stereocenters. The average Bonchev–Trinajstić information content (AvgIpc) is 2.65. The minimum Gasteiger partial charge on any atom is -0.428 e. The zero-order chi connectivity index (χ0) is 23.0. The molecule has 1 unspecified atom stereocenters. The van der Waals surface area contributed by atoms with Gasteiger partial charge in [0, 0.05) is 5.54 Å². The van der Waals surface area contributed by atoms with Gasteiger partial charge < -0.3 is 14.8 Å². The number of rotatable bonds is 5. The number of ether oxygens (including phenoxy) is 2. The number of aryl methyl sites for hydroxylation is 1. The summed E-state index contributed by atoms with van der Waals surface area (Å²) in [7, 11) is 0. The quantitative estimate of drug-likeness (QED) is 0.363. The Labute approximate surface area is 191 Å². The monoisotopic (exact) mass is 437 g/mol. The standard InChI is InChI=1S/C27H35NO4/c1-25(2)13-19-14-26(3,4)17-27(15-19,16-25)28-24(30)32-18-31-23(29)12-21-10-7-9-20-8-5-6-11-22(20)21/h6-7,9-11,13H,5,8,12,14-18H2,1-4H3,(H,28,30). The summed E-state index contributed by atoms with van der Waals surface area (Å²) in [5, 5.41) is 3.14. The number of hydrogen-bond donors (Lipinski definition) is 1. The molecule has 1 N–H and O–H groups in total. The summed E-state index contributed by atoms with van der Waals surface area (Å²) in [6, 6.07) is 6.02. The van der Waals surface area contributed by atoms with E-state index in [-0.39, 0.29) is 29.6 Å². The summed E-state index contributed by atoms with van der Waals surface area (Å²) in [6.07, 6.45) is 11.9. The Balaban J connectivity index is 1.31. The molecule has 0 aromatic heterocycles. The highest BCUT2D eigenvalue weighted by Crippen LogP contribution is 2.52.